The van der Waals surface area contributed by atoms with Gasteiger partial charge < -0.3 is 4.42 Å². The standard InChI is InChI=1S/C21H21N2O/c1-13(2)16-11-15-19(12-22-16)24-18-9-8-14(3)20(21(15)18)17-7-5-6-10-23(17)4/h5-13H,1-4H3/q+1/i1D3,13D. The predicted molar refractivity (Wildman–Crippen MR) is 97.0 cm³/mol. The van der Waals surface area contributed by atoms with E-state index in [0.29, 0.717) is 11.2 Å². The Hall–Kier alpha value is -2.68. The van der Waals surface area contributed by atoms with Crippen LogP contribution >= 0.6 is 0 Å². The highest BCUT2D eigenvalue weighted by Crippen LogP contribution is 2.38. The zero-order chi connectivity index (χ0) is 20.3. The summed E-state index contributed by atoms with van der Waals surface area (Å²) in [4.78, 5) is 4.24. The molecule has 3 nitrogen and oxygen atoms in total. The summed E-state index contributed by atoms with van der Waals surface area (Å²) in [6.07, 6.45) is 3.51. The summed E-state index contributed by atoms with van der Waals surface area (Å²) in [7, 11) is 1.98. The number of benzene rings is 1. The van der Waals surface area contributed by atoms with Gasteiger partial charge in [0.05, 0.1) is 11.8 Å². The molecule has 4 rings (SSSR count). The van der Waals surface area contributed by atoms with Crippen LogP contribution in [0.2, 0.25) is 0 Å². The fourth-order valence-corrected chi connectivity index (χ4v) is 3.20. The van der Waals surface area contributed by atoms with Gasteiger partial charge in [0, 0.05) is 34.1 Å². The zero-order valence-electron chi connectivity index (χ0n) is 17.9. The summed E-state index contributed by atoms with van der Waals surface area (Å²) in [5.41, 5.74) is 4.62. The molecule has 1 atom stereocenters. The van der Waals surface area contributed by atoms with Crippen LogP contribution in [0.15, 0.2) is 53.2 Å². The van der Waals surface area contributed by atoms with Gasteiger partial charge in [0.25, 0.3) is 0 Å². The van der Waals surface area contributed by atoms with E-state index in [1.54, 1.807) is 6.07 Å². The van der Waals surface area contributed by atoms with Gasteiger partial charge in [-0.05, 0) is 36.6 Å². The molecule has 0 radical (unpaired) electrons. The molecule has 0 fully saturated rings. The third kappa shape index (κ3) is 2.20. The second-order valence-electron chi connectivity index (χ2n) is 6.12. The number of aryl methyl sites for hydroxylation is 2. The third-order valence-corrected chi connectivity index (χ3v) is 4.43. The average molecular weight is 321 g/mol. The smallest absolute Gasteiger partial charge is 0.213 e. The van der Waals surface area contributed by atoms with Gasteiger partial charge in [-0.25, -0.2) is 4.57 Å². The number of furan rings is 1. The first-order valence-corrected chi connectivity index (χ1v) is 7.88. The van der Waals surface area contributed by atoms with E-state index in [4.69, 9.17) is 9.90 Å². The molecule has 0 spiro atoms. The van der Waals surface area contributed by atoms with Gasteiger partial charge in [0.2, 0.25) is 5.69 Å². The van der Waals surface area contributed by atoms with Gasteiger partial charge in [-0.3, -0.25) is 4.98 Å². The SMILES string of the molecule is [2H]C([2H])([2H])C([2H])(C)c1cc2c(cn1)oc1ccc(C)c(-c3cccc[n+]3C)c12. The van der Waals surface area contributed by atoms with E-state index < -0.39 is 12.7 Å². The van der Waals surface area contributed by atoms with E-state index in [1.165, 1.54) is 13.1 Å². The highest BCUT2D eigenvalue weighted by molar-refractivity contribution is 6.12. The molecule has 0 aliphatic carbocycles. The van der Waals surface area contributed by atoms with E-state index in [0.717, 1.165) is 27.6 Å². The van der Waals surface area contributed by atoms with Crippen molar-refractivity contribution in [2.24, 2.45) is 7.05 Å². The molecule has 0 saturated carbocycles. The molecule has 24 heavy (non-hydrogen) atoms. The molecule has 0 N–H and O–H groups in total. The van der Waals surface area contributed by atoms with Crippen molar-refractivity contribution in [3.8, 4) is 11.3 Å². The molecule has 0 aliphatic rings. The summed E-state index contributed by atoms with van der Waals surface area (Å²) in [6.45, 7) is 0.928. The van der Waals surface area contributed by atoms with Crippen LogP contribution in [0.4, 0.5) is 0 Å². The third-order valence-electron chi connectivity index (χ3n) is 4.43. The monoisotopic (exact) mass is 321 g/mol. The second-order valence-corrected chi connectivity index (χ2v) is 6.12. The van der Waals surface area contributed by atoms with E-state index >= 15 is 0 Å². The lowest BCUT2D eigenvalue weighted by atomic mass is 9.97. The number of rotatable bonds is 2. The first-order valence-electron chi connectivity index (χ1n) is 9.88. The van der Waals surface area contributed by atoms with Crippen molar-refractivity contribution in [3.05, 3.63) is 60.0 Å². The minimum atomic E-state index is -2.49. The van der Waals surface area contributed by atoms with Crippen molar-refractivity contribution in [3.63, 3.8) is 0 Å². The maximum atomic E-state index is 8.39. The fourth-order valence-electron chi connectivity index (χ4n) is 3.20. The Labute approximate surface area is 147 Å². The van der Waals surface area contributed by atoms with Gasteiger partial charge in [-0.2, -0.15) is 0 Å². The number of aromatic nitrogens is 2. The Bertz CT molecular complexity index is 1210. The molecule has 120 valence electrons. The Morgan fingerprint density at radius 2 is 2.12 bits per heavy atom. The predicted octanol–water partition coefficient (Wildman–Crippen LogP) is 4.90. The van der Waals surface area contributed by atoms with Gasteiger partial charge in [-0.1, -0.05) is 19.8 Å². The lowest BCUT2D eigenvalue weighted by molar-refractivity contribution is -0.660. The van der Waals surface area contributed by atoms with Crippen molar-refractivity contribution in [2.45, 2.75) is 26.6 Å². The highest BCUT2D eigenvalue weighted by Gasteiger charge is 2.20. The van der Waals surface area contributed by atoms with E-state index in [-0.39, 0.29) is 5.69 Å². The van der Waals surface area contributed by atoms with Gasteiger partial charge >= 0.3 is 0 Å². The van der Waals surface area contributed by atoms with Crippen molar-refractivity contribution in [1.29, 1.82) is 0 Å². The van der Waals surface area contributed by atoms with E-state index in [9.17, 15) is 0 Å². The molecule has 1 aromatic carbocycles. The van der Waals surface area contributed by atoms with Crippen LogP contribution in [-0.4, -0.2) is 4.98 Å². The molecule has 0 aliphatic heterocycles. The first kappa shape index (κ1) is 11.0. The summed E-state index contributed by atoms with van der Waals surface area (Å²) in [5.74, 6) is -1.81. The molecular formula is C21H21N2O+. The number of fused-ring (bicyclic) bond motifs is 3. The van der Waals surface area contributed by atoms with Crippen LogP contribution < -0.4 is 4.57 Å². The summed E-state index contributed by atoms with van der Waals surface area (Å²) < 4.78 is 39.6. The number of pyridine rings is 2. The molecule has 0 amide bonds. The van der Waals surface area contributed by atoms with Gasteiger partial charge in [0.1, 0.15) is 12.6 Å². The van der Waals surface area contributed by atoms with E-state index in [1.807, 2.05) is 55.1 Å². The average Bonchev–Trinajstić information content (AvgIpc) is 2.99. The molecule has 0 saturated heterocycles. The molecule has 3 aromatic heterocycles. The van der Waals surface area contributed by atoms with Crippen LogP contribution in [0.3, 0.4) is 0 Å². The first-order chi connectivity index (χ1) is 13.1. The Balaban J connectivity index is 2.09. The lowest BCUT2D eigenvalue weighted by Crippen LogP contribution is -2.30. The maximum absolute atomic E-state index is 8.39. The number of nitrogens with zero attached hydrogens (tertiary/aromatic N) is 2. The molecule has 3 heterocycles. The summed E-state index contributed by atoms with van der Waals surface area (Å²) in [6, 6.07) is 11.6. The van der Waals surface area contributed by atoms with Crippen LogP contribution in [0.25, 0.3) is 33.2 Å². The largest absolute Gasteiger partial charge is 0.454 e. The minimum Gasteiger partial charge on any atom is -0.454 e. The van der Waals surface area contributed by atoms with Crippen molar-refractivity contribution >= 4 is 21.9 Å². The summed E-state index contributed by atoms with van der Waals surface area (Å²) in [5, 5.41) is 1.67. The van der Waals surface area contributed by atoms with E-state index in [2.05, 4.69) is 4.98 Å². The van der Waals surface area contributed by atoms with Crippen LogP contribution in [0.1, 0.15) is 36.4 Å². The zero-order valence-corrected chi connectivity index (χ0v) is 13.9. The van der Waals surface area contributed by atoms with Crippen LogP contribution in [-0.2, 0) is 7.05 Å². The topological polar surface area (TPSA) is 29.9 Å². The Morgan fingerprint density at radius 1 is 1.25 bits per heavy atom. The normalized spacial score (nSPS) is 17.1. The quantitative estimate of drug-likeness (QED) is 0.491. The van der Waals surface area contributed by atoms with Gasteiger partial charge in [-0.15, -0.1) is 0 Å². The van der Waals surface area contributed by atoms with Crippen molar-refractivity contribution < 1.29 is 14.5 Å². The fraction of sp³-hybridized carbons (Fsp3) is 0.238. The Morgan fingerprint density at radius 3 is 2.92 bits per heavy atom. The molecule has 4 aromatic rings. The lowest BCUT2D eigenvalue weighted by Gasteiger charge is -2.07. The maximum Gasteiger partial charge on any atom is 0.213 e. The molecule has 1 unspecified atom stereocenters. The minimum absolute atomic E-state index is 0.201. The number of hydrogen-bond acceptors (Lipinski definition) is 2. The van der Waals surface area contributed by atoms with Crippen molar-refractivity contribution in [2.75, 3.05) is 0 Å². The molecular weight excluding hydrogens is 296 g/mol. The molecule has 0 bridgehead atoms. The Kier molecular flexibility index (Phi) is 2.49. The van der Waals surface area contributed by atoms with Crippen LogP contribution in [0.5, 0.6) is 0 Å². The molecule has 3 heteroatoms. The summed E-state index contributed by atoms with van der Waals surface area (Å²) >= 11 is 0. The second kappa shape index (κ2) is 5.45. The number of hydrogen-bond donors (Lipinski definition) is 0. The van der Waals surface area contributed by atoms with Crippen molar-refractivity contribution in [1.82, 2.24) is 4.98 Å². The van der Waals surface area contributed by atoms with Crippen LogP contribution in [0, 0.1) is 6.92 Å². The van der Waals surface area contributed by atoms with Gasteiger partial charge in [0.15, 0.2) is 11.8 Å². The highest BCUT2D eigenvalue weighted by atomic mass is 16.3.